The number of ether oxygens (including phenoxy) is 2. The molecule has 0 saturated carbocycles. The highest BCUT2D eigenvalue weighted by atomic mass is 16.5. The largest absolute Gasteiger partial charge is 0.490 e. The summed E-state index contributed by atoms with van der Waals surface area (Å²) >= 11 is 0. The average molecular weight is 286 g/mol. The zero-order chi connectivity index (χ0) is 15.1. The summed E-state index contributed by atoms with van der Waals surface area (Å²) in [5.41, 5.74) is 1.85. The molecule has 0 heterocycles. The molecule has 0 fully saturated rings. The highest BCUT2D eigenvalue weighted by Gasteiger charge is 2.01. The van der Waals surface area contributed by atoms with E-state index in [2.05, 4.69) is 0 Å². The van der Waals surface area contributed by atoms with Crippen molar-refractivity contribution in [3.8, 4) is 11.5 Å². The maximum absolute atomic E-state index is 10.6. The van der Waals surface area contributed by atoms with Crippen molar-refractivity contribution in [2.24, 2.45) is 0 Å². The molecule has 1 N–H and O–H groups in total. The lowest BCUT2D eigenvalue weighted by molar-refractivity contribution is -0.136. The van der Waals surface area contributed by atoms with Gasteiger partial charge < -0.3 is 14.6 Å². The zero-order valence-electron chi connectivity index (χ0n) is 11.9. The Labute approximate surface area is 123 Å². The first-order valence-electron chi connectivity index (χ1n) is 6.77. The molecule has 0 radical (unpaired) electrons. The minimum absolute atomic E-state index is 0.0245. The topological polar surface area (TPSA) is 55.8 Å². The van der Waals surface area contributed by atoms with Gasteiger partial charge in [-0.2, -0.15) is 0 Å². The van der Waals surface area contributed by atoms with Crippen LogP contribution in [-0.4, -0.2) is 24.3 Å². The van der Waals surface area contributed by atoms with E-state index in [0.717, 1.165) is 16.9 Å². The number of para-hydroxylation sites is 1. The van der Waals surface area contributed by atoms with Gasteiger partial charge in [0.1, 0.15) is 24.7 Å². The number of hydrogen-bond donors (Lipinski definition) is 1. The highest BCUT2D eigenvalue weighted by molar-refractivity contribution is 5.70. The Morgan fingerprint density at radius 3 is 2.33 bits per heavy atom. The maximum atomic E-state index is 10.6. The van der Waals surface area contributed by atoms with Crippen LogP contribution in [0.2, 0.25) is 0 Å². The van der Waals surface area contributed by atoms with E-state index in [1.165, 1.54) is 0 Å². The van der Waals surface area contributed by atoms with Gasteiger partial charge in [-0.05, 0) is 36.2 Å². The lowest BCUT2D eigenvalue weighted by atomic mass is 10.1. The molecule has 4 heteroatoms. The number of carboxylic acid groups (broad SMARTS) is 1. The summed E-state index contributed by atoms with van der Waals surface area (Å²) in [6, 6.07) is 14.9. The predicted molar refractivity (Wildman–Crippen MR) is 80.0 cm³/mol. The Morgan fingerprint density at radius 2 is 1.67 bits per heavy atom. The fourth-order valence-electron chi connectivity index (χ4n) is 1.91. The Balaban J connectivity index is 1.76. The van der Waals surface area contributed by atoms with Crippen molar-refractivity contribution in [1.82, 2.24) is 0 Å². The maximum Gasteiger partial charge on any atom is 0.307 e. The Morgan fingerprint density at radius 1 is 1.00 bits per heavy atom. The Bertz CT molecular complexity index is 590. The van der Waals surface area contributed by atoms with Crippen molar-refractivity contribution in [3.63, 3.8) is 0 Å². The highest BCUT2D eigenvalue weighted by Crippen LogP contribution is 2.16. The van der Waals surface area contributed by atoms with E-state index in [-0.39, 0.29) is 6.42 Å². The molecule has 0 amide bonds. The summed E-state index contributed by atoms with van der Waals surface area (Å²) in [5, 5.41) is 8.69. The first-order chi connectivity index (χ1) is 10.1. The summed E-state index contributed by atoms with van der Waals surface area (Å²) in [4.78, 5) is 10.6. The van der Waals surface area contributed by atoms with Gasteiger partial charge in [-0.1, -0.05) is 30.3 Å². The molecule has 2 aromatic carbocycles. The van der Waals surface area contributed by atoms with Gasteiger partial charge in [0.15, 0.2) is 0 Å². The monoisotopic (exact) mass is 286 g/mol. The summed E-state index contributed by atoms with van der Waals surface area (Å²) in [5.74, 6) is 0.728. The van der Waals surface area contributed by atoms with Crippen LogP contribution in [0.15, 0.2) is 48.5 Å². The lowest BCUT2D eigenvalue weighted by Gasteiger charge is -2.10. The average Bonchev–Trinajstić information content (AvgIpc) is 2.46. The van der Waals surface area contributed by atoms with Gasteiger partial charge in [-0.25, -0.2) is 0 Å². The van der Waals surface area contributed by atoms with E-state index in [1.807, 2.05) is 31.2 Å². The molecular weight excluding hydrogens is 268 g/mol. The van der Waals surface area contributed by atoms with Crippen molar-refractivity contribution in [1.29, 1.82) is 0 Å². The number of aliphatic carboxylic acids is 1. The second kappa shape index (κ2) is 7.33. The molecular formula is C17H18O4. The van der Waals surface area contributed by atoms with E-state index in [4.69, 9.17) is 14.6 Å². The molecule has 0 aliphatic rings. The first kappa shape index (κ1) is 14.9. The van der Waals surface area contributed by atoms with Crippen LogP contribution in [0.4, 0.5) is 0 Å². The van der Waals surface area contributed by atoms with Gasteiger partial charge in [0.2, 0.25) is 0 Å². The van der Waals surface area contributed by atoms with Gasteiger partial charge in [0.25, 0.3) is 0 Å². The SMILES string of the molecule is Cc1ccccc1OCCOc1ccc(CC(=O)O)cc1. The molecule has 21 heavy (non-hydrogen) atoms. The van der Waals surface area contributed by atoms with Crippen LogP contribution in [0.3, 0.4) is 0 Å². The summed E-state index contributed by atoms with van der Waals surface area (Å²) in [7, 11) is 0. The van der Waals surface area contributed by atoms with E-state index >= 15 is 0 Å². The molecule has 4 nitrogen and oxygen atoms in total. The molecule has 0 unspecified atom stereocenters. The van der Waals surface area contributed by atoms with Gasteiger partial charge in [0.05, 0.1) is 6.42 Å². The lowest BCUT2D eigenvalue weighted by Crippen LogP contribution is -2.09. The smallest absolute Gasteiger partial charge is 0.307 e. The van der Waals surface area contributed by atoms with E-state index < -0.39 is 5.97 Å². The number of rotatable bonds is 7. The Kier molecular flexibility index (Phi) is 5.21. The van der Waals surface area contributed by atoms with E-state index in [9.17, 15) is 4.79 Å². The molecule has 2 aromatic rings. The van der Waals surface area contributed by atoms with Crippen LogP contribution in [0, 0.1) is 6.92 Å². The second-order valence-electron chi connectivity index (χ2n) is 4.68. The van der Waals surface area contributed by atoms with Crippen molar-refractivity contribution in [2.75, 3.05) is 13.2 Å². The van der Waals surface area contributed by atoms with Crippen LogP contribution in [0.25, 0.3) is 0 Å². The van der Waals surface area contributed by atoms with Gasteiger partial charge >= 0.3 is 5.97 Å². The minimum Gasteiger partial charge on any atom is -0.490 e. The predicted octanol–water partition coefficient (Wildman–Crippen LogP) is 3.08. The summed E-state index contributed by atoms with van der Waals surface area (Å²) in [6.45, 7) is 2.89. The Hall–Kier alpha value is -2.49. The molecule has 0 aliphatic heterocycles. The normalized spacial score (nSPS) is 10.1. The molecule has 0 bridgehead atoms. The quantitative estimate of drug-likeness (QED) is 0.795. The van der Waals surface area contributed by atoms with Gasteiger partial charge in [-0.15, -0.1) is 0 Å². The number of hydrogen-bond acceptors (Lipinski definition) is 3. The molecule has 0 saturated heterocycles. The second-order valence-corrected chi connectivity index (χ2v) is 4.68. The number of benzene rings is 2. The van der Waals surface area contributed by atoms with Gasteiger partial charge in [0, 0.05) is 0 Å². The molecule has 0 aromatic heterocycles. The zero-order valence-corrected chi connectivity index (χ0v) is 11.9. The van der Waals surface area contributed by atoms with Crippen LogP contribution in [0.5, 0.6) is 11.5 Å². The summed E-state index contributed by atoms with van der Waals surface area (Å²) in [6.07, 6.45) is 0.0245. The van der Waals surface area contributed by atoms with Crippen LogP contribution >= 0.6 is 0 Å². The van der Waals surface area contributed by atoms with E-state index in [0.29, 0.717) is 19.0 Å². The number of carbonyl (C=O) groups is 1. The van der Waals surface area contributed by atoms with E-state index in [1.54, 1.807) is 24.3 Å². The molecule has 0 aliphatic carbocycles. The number of aryl methyl sites for hydroxylation is 1. The number of carboxylic acids is 1. The molecule has 110 valence electrons. The van der Waals surface area contributed by atoms with Crippen molar-refractivity contribution < 1.29 is 19.4 Å². The van der Waals surface area contributed by atoms with Crippen LogP contribution < -0.4 is 9.47 Å². The van der Waals surface area contributed by atoms with Crippen molar-refractivity contribution in [3.05, 3.63) is 59.7 Å². The minimum atomic E-state index is -0.838. The first-order valence-corrected chi connectivity index (χ1v) is 6.77. The summed E-state index contributed by atoms with van der Waals surface area (Å²) < 4.78 is 11.2. The van der Waals surface area contributed by atoms with Gasteiger partial charge in [-0.3, -0.25) is 4.79 Å². The molecule has 0 atom stereocenters. The van der Waals surface area contributed by atoms with Crippen molar-refractivity contribution >= 4 is 5.97 Å². The molecule has 0 spiro atoms. The fraction of sp³-hybridized carbons (Fsp3) is 0.235. The third-order valence-electron chi connectivity index (χ3n) is 2.98. The van der Waals surface area contributed by atoms with Crippen molar-refractivity contribution in [2.45, 2.75) is 13.3 Å². The third kappa shape index (κ3) is 4.84. The molecule has 2 rings (SSSR count). The van der Waals surface area contributed by atoms with Crippen LogP contribution in [-0.2, 0) is 11.2 Å². The third-order valence-corrected chi connectivity index (χ3v) is 2.98. The fourth-order valence-corrected chi connectivity index (χ4v) is 1.91. The van der Waals surface area contributed by atoms with Crippen LogP contribution in [0.1, 0.15) is 11.1 Å². The standard InChI is InChI=1S/C17H18O4/c1-13-4-2-3-5-16(13)21-11-10-20-15-8-6-14(7-9-15)12-17(18)19/h2-9H,10-12H2,1H3,(H,18,19).